The third kappa shape index (κ3) is 1.81. The molecule has 1 aromatic rings. The van der Waals surface area contributed by atoms with Crippen LogP contribution in [0.15, 0.2) is 16.6 Å². The van der Waals surface area contributed by atoms with Crippen molar-refractivity contribution in [3.05, 3.63) is 27.7 Å². The Labute approximate surface area is 81.9 Å². The van der Waals surface area contributed by atoms with Gasteiger partial charge in [0.05, 0.1) is 11.6 Å². The van der Waals surface area contributed by atoms with E-state index in [1.54, 1.807) is 7.11 Å². The molecule has 1 aromatic carbocycles. The van der Waals surface area contributed by atoms with E-state index in [0.29, 0.717) is 0 Å². The molecule has 0 spiro atoms. The Morgan fingerprint density at radius 3 is 2.58 bits per heavy atom. The number of halogens is 1. The van der Waals surface area contributed by atoms with Gasteiger partial charge in [0.2, 0.25) is 0 Å². The summed E-state index contributed by atoms with van der Waals surface area (Å²) in [6.45, 7) is 4.22. The molecule has 0 amide bonds. The maximum atomic E-state index is 5.22. The van der Waals surface area contributed by atoms with Crippen LogP contribution in [0.5, 0.6) is 5.75 Å². The maximum absolute atomic E-state index is 5.22. The number of ether oxygens (including phenoxy) is 1. The molecule has 0 radical (unpaired) electrons. The lowest BCUT2D eigenvalue weighted by atomic mass is 10.1. The summed E-state index contributed by atoms with van der Waals surface area (Å²) in [7, 11) is 1.69. The van der Waals surface area contributed by atoms with Crippen LogP contribution < -0.4 is 4.74 Å². The molecular weight excluding hydrogens is 216 g/mol. The molecule has 1 nitrogen and oxygen atoms in total. The molecule has 0 aliphatic carbocycles. The summed E-state index contributed by atoms with van der Waals surface area (Å²) in [6.07, 6.45) is 1.03. The Morgan fingerprint density at radius 1 is 1.42 bits per heavy atom. The lowest BCUT2D eigenvalue weighted by Crippen LogP contribution is -1.90. The van der Waals surface area contributed by atoms with E-state index in [4.69, 9.17) is 4.74 Å². The van der Waals surface area contributed by atoms with Gasteiger partial charge in [0.15, 0.2) is 0 Å². The lowest BCUT2D eigenvalue weighted by molar-refractivity contribution is 0.411. The first-order valence-electron chi connectivity index (χ1n) is 4.02. The van der Waals surface area contributed by atoms with E-state index >= 15 is 0 Å². The quantitative estimate of drug-likeness (QED) is 0.755. The average molecular weight is 229 g/mol. The van der Waals surface area contributed by atoms with Crippen LogP contribution >= 0.6 is 15.9 Å². The van der Waals surface area contributed by atoms with Gasteiger partial charge in [0.25, 0.3) is 0 Å². The van der Waals surface area contributed by atoms with Crippen LogP contribution in [0.25, 0.3) is 0 Å². The monoisotopic (exact) mass is 228 g/mol. The Hall–Kier alpha value is -0.500. The number of methoxy groups -OCH3 is 1. The number of hydrogen-bond acceptors (Lipinski definition) is 1. The normalized spacial score (nSPS) is 10.0. The Kier molecular flexibility index (Phi) is 3.15. The number of rotatable bonds is 2. The first kappa shape index (κ1) is 9.59. The summed E-state index contributed by atoms with van der Waals surface area (Å²) < 4.78 is 6.30. The van der Waals surface area contributed by atoms with Crippen LogP contribution in [0.3, 0.4) is 0 Å². The largest absolute Gasteiger partial charge is 0.496 e. The SMILES string of the molecule is CCc1cc(C)cc(OC)c1Br. The van der Waals surface area contributed by atoms with Crippen LogP contribution in [0.4, 0.5) is 0 Å². The van der Waals surface area contributed by atoms with Crippen molar-refractivity contribution < 1.29 is 4.74 Å². The predicted molar refractivity (Wildman–Crippen MR) is 54.8 cm³/mol. The first-order valence-corrected chi connectivity index (χ1v) is 4.81. The Bertz CT molecular complexity index is 256. The van der Waals surface area contributed by atoms with E-state index in [1.807, 2.05) is 6.07 Å². The van der Waals surface area contributed by atoms with Crippen molar-refractivity contribution >= 4 is 15.9 Å². The lowest BCUT2D eigenvalue weighted by Gasteiger charge is -2.08. The summed E-state index contributed by atoms with van der Waals surface area (Å²) in [6, 6.07) is 4.20. The standard InChI is InChI=1S/C10H13BrO/c1-4-8-5-7(2)6-9(12-3)10(8)11/h5-6H,4H2,1-3H3. The van der Waals surface area contributed by atoms with Gasteiger partial charge in [-0.1, -0.05) is 13.0 Å². The minimum Gasteiger partial charge on any atom is -0.496 e. The molecule has 0 aliphatic heterocycles. The van der Waals surface area contributed by atoms with E-state index in [-0.39, 0.29) is 0 Å². The summed E-state index contributed by atoms with van der Waals surface area (Å²) in [4.78, 5) is 0. The van der Waals surface area contributed by atoms with Gasteiger partial charge < -0.3 is 4.74 Å². The van der Waals surface area contributed by atoms with Crippen LogP contribution in [0, 0.1) is 6.92 Å². The fraction of sp³-hybridized carbons (Fsp3) is 0.400. The summed E-state index contributed by atoms with van der Waals surface area (Å²) >= 11 is 3.51. The highest BCUT2D eigenvalue weighted by molar-refractivity contribution is 9.10. The van der Waals surface area contributed by atoms with Gasteiger partial charge >= 0.3 is 0 Å². The van der Waals surface area contributed by atoms with E-state index in [0.717, 1.165) is 16.6 Å². The molecule has 0 fully saturated rings. The fourth-order valence-corrected chi connectivity index (χ4v) is 1.89. The highest BCUT2D eigenvalue weighted by Crippen LogP contribution is 2.30. The third-order valence-corrected chi connectivity index (χ3v) is 2.76. The molecule has 0 saturated carbocycles. The zero-order valence-corrected chi connectivity index (χ0v) is 9.23. The number of hydrogen-bond donors (Lipinski definition) is 0. The summed E-state index contributed by atoms with van der Waals surface area (Å²) in [5, 5.41) is 0. The highest BCUT2D eigenvalue weighted by Gasteiger charge is 2.05. The second-order valence-electron chi connectivity index (χ2n) is 2.79. The molecule has 66 valence electrons. The Morgan fingerprint density at radius 2 is 2.08 bits per heavy atom. The van der Waals surface area contributed by atoms with Gasteiger partial charge in [-0.3, -0.25) is 0 Å². The van der Waals surface area contributed by atoms with Crippen LogP contribution in [-0.2, 0) is 6.42 Å². The average Bonchev–Trinajstić information content (AvgIpc) is 2.08. The minimum atomic E-state index is 0.923. The van der Waals surface area contributed by atoms with E-state index in [1.165, 1.54) is 11.1 Å². The molecule has 0 bridgehead atoms. The van der Waals surface area contributed by atoms with Crippen LogP contribution in [0.1, 0.15) is 18.1 Å². The molecule has 0 heterocycles. The van der Waals surface area contributed by atoms with Crippen molar-refractivity contribution in [1.29, 1.82) is 0 Å². The van der Waals surface area contributed by atoms with Crippen molar-refractivity contribution in [3.8, 4) is 5.75 Å². The van der Waals surface area contributed by atoms with Gasteiger partial charge in [-0.2, -0.15) is 0 Å². The first-order chi connectivity index (χ1) is 5.69. The van der Waals surface area contributed by atoms with Crippen molar-refractivity contribution in [3.63, 3.8) is 0 Å². The fourth-order valence-electron chi connectivity index (χ4n) is 1.21. The number of aryl methyl sites for hydroxylation is 2. The zero-order valence-electron chi connectivity index (χ0n) is 7.65. The molecule has 0 N–H and O–H groups in total. The molecule has 2 heteroatoms. The highest BCUT2D eigenvalue weighted by atomic mass is 79.9. The van der Waals surface area contributed by atoms with Crippen molar-refractivity contribution in [2.24, 2.45) is 0 Å². The molecule has 1 rings (SSSR count). The second-order valence-corrected chi connectivity index (χ2v) is 3.59. The summed E-state index contributed by atoms with van der Waals surface area (Å²) in [5.74, 6) is 0.923. The molecule has 0 aliphatic rings. The third-order valence-electron chi connectivity index (χ3n) is 1.86. The van der Waals surface area contributed by atoms with Gasteiger partial charge in [-0.25, -0.2) is 0 Å². The zero-order chi connectivity index (χ0) is 9.14. The molecular formula is C10H13BrO. The van der Waals surface area contributed by atoms with Gasteiger partial charge in [0, 0.05) is 0 Å². The molecule has 0 saturated heterocycles. The van der Waals surface area contributed by atoms with Gasteiger partial charge in [-0.15, -0.1) is 0 Å². The summed E-state index contributed by atoms with van der Waals surface area (Å²) in [5.41, 5.74) is 2.54. The number of benzene rings is 1. The minimum absolute atomic E-state index is 0.923. The van der Waals surface area contributed by atoms with Crippen LogP contribution in [0.2, 0.25) is 0 Å². The molecule has 12 heavy (non-hydrogen) atoms. The maximum Gasteiger partial charge on any atom is 0.133 e. The second kappa shape index (κ2) is 3.94. The molecule has 0 aromatic heterocycles. The van der Waals surface area contributed by atoms with Gasteiger partial charge in [0.1, 0.15) is 5.75 Å². The van der Waals surface area contributed by atoms with Crippen molar-refractivity contribution in [2.75, 3.05) is 7.11 Å². The van der Waals surface area contributed by atoms with E-state index in [9.17, 15) is 0 Å². The Balaban J connectivity index is 3.22. The molecule has 0 atom stereocenters. The van der Waals surface area contributed by atoms with Crippen LogP contribution in [-0.4, -0.2) is 7.11 Å². The van der Waals surface area contributed by atoms with Crippen molar-refractivity contribution in [1.82, 2.24) is 0 Å². The smallest absolute Gasteiger partial charge is 0.133 e. The van der Waals surface area contributed by atoms with Gasteiger partial charge in [-0.05, 0) is 46.5 Å². The van der Waals surface area contributed by atoms with E-state index < -0.39 is 0 Å². The topological polar surface area (TPSA) is 9.23 Å². The van der Waals surface area contributed by atoms with E-state index in [2.05, 4.69) is 35.8 Å². The molecule has 0 unspecified atom stereocenters. The van der Waals surface area contributed by atoms with Crippen molar-refractivity contribution in [2.45, 2.75) is 20.3 Å². The predicted octanol–water partition coefficient (Wildman–Crippen LogP) is 3.33.